The second kappa shape index (κ2) is 5.60. The summed E-state index contributed by atoms with van der Waals surface area (Å²) >= 11 is 0. The molecule has 6 heteroatoms. The van der Waals surface area contributed by atoms with Crippen molar-refractivity contribution >= 4 is 11.6 Å². The minimum Gasteiger partial charge on any atom is -0.398 e. The average molecular weight is 295 g/mol. The SMILES string of the molecule is Nc1cc(F)c(F)cc1C(=O)N1CCN2CCCCC2C1. The third kappa shape index (κ3) is 2.72. The van der Waals surface area contributed by atoms with Crippen LogP contribution in [-0.2, 0) is 0 Å². The molecule has 2 N–H and O–H groups in total. The highest BCUT2D eigenvalue weighted by Gasteiger charge is 2.32. The lowest BCUT2D eigenvalue weighted by atomic mass is 9.99. The van der Waals surface area contributed by atoms with Crippen molar-refractivity contribution in [1.82, 2.24) is 9.80 Å². The Balaban J connectivity index is 1.78. The number of anilines is 1. The number of halogens is 2. The van der Waals surface area contributed by atoms with E-state index in [2.05, 4.69) is 4.90 Å². The molecule has 114 valence electrons. The minimum absolute atomic E-state index is 0.00928. The topological polar surface area (TPSA) is 49.6 Å². The van der Waals surface area contributed by atoms with E-state index in [0.717, 1.165) is 31.6 Å². The maximum Gasteiger partial charge on any atom is 0.256 e. The monoisotopic (exact) mass is 295 g/mol. The highest BCUT2D eigenvalue weighted by molar-refractivity contribution is 5.99. The molecule has 2 heterocycles. The van der Waals surface area contributed by atoms with Gasteiger partial charge in [0.25, 0.3) is 5.91 Å². The van der Waals surface area contributed by atoms with Gasteiger partial charge in [0, 0.05) is 37.4 Å². The van der Waals surface area contributed by atoms with Gasteiger partial charge in [-0.1, -0.05) is 6.42 Å². The van der Waals surface area contributed by atoms with Crippen molar-refractivity contribution in [3.63, 3.8) is 0 Å². The van der Waals surface area contributed by atoms with Crippen LogP contribution >= 0.6 is 0 Å². The molecule has 0 saturated carbocycles. The van der Waals surface area contributed by atoms with Crippen LogP contribution in [0, 0.1) is 11.6 Å². The standard InChI is InChI=1S/C15H19F2N3O/c16-12-7-11(14(18)8-13(12)17)15(21)20-6-5-19-4-2-1-3-10(19)9-20/h7-8,10H,1-6,9,18H2. The van der Waals surface area contributed by atoms with Crippen molar-refractivity contribution in [2.24, 2.45) is 0 Å². The normalized spacial score (nSPS) is 23.0. The lowest BCUT2D eigenvalue weighted by Crippen LogP contribution is -2.56. The van der Waals surface area contributed by atoms with E-state index in [9.17, 15) is 13.6 Å². The van der Waals surface area contributed by atoms with E-state index >= 15 is 0 Å². The number of fused-ring (bicyclic) bond motifs is 1. The Morgan fingerprint density at radius 1 is 1.14 bits per heavy atom. The van der Waals surface area contributed by atoms with Gasteiger partial charge in [-0.3, -0.25) is 9.69 Å². The molecular formula is C15H19F2N3O. The molecule has 1 aromatic rings. The molecule has 21 heavy (non-hydrogen) atoms. The van der Waals surface area contributed by atoms with E-state index < -0.39 is 11.6 Å². The Bertz CT molecular complexity index is 564. The molecule has 0 aromatic heterocycles. The van der Waals surface area contributed by atoms with Crippen molar-refractivity contribution in [3.05, 3.63) is 29.3 Å². The molecule has 1 amide bonds. The molecule has 3 rings (SSSR count). The first-order chi connectivity index (χ1) is 10.1. The third-order valence-corrected chi connectivity index (χ3v) is 4.45. The van der Waals surface area contributed by atoms with Gasteiger partial charge in [-0.15, -0.1) is 0 Å². The molecular weight excluding hydrogens is 276 g/mol. The van der Waals surface area contributed by atoms with E-state index in [4.69, 9.17) is 5.73 Å². The first-order valence-electron chi connectivity index (χ1n) is 7.34. The van der Waals surface area contributed by atoms with Gasteiger partial charge in [0.15, 0.2) is 11.6 Å². The largest absolute Gasteiger partial charge is 0.398 e. The van der Waals surface area contributed by atoms with Gasteiger partial charge < -0.3 is 10.6 Å². The zero-order chi connectivity index (χ0) is 15.0. The summed E-state index contributed by atoms with van der Waals surface area (Å²) in [5, 5.41) is 0. The Kier molecular flexibility index (Phi) is 3.80. The molecule has 1 atom stereocenters. The summed E-state index contributed by atoms with van der Waals surface area (Å²) in [4.78, 5) is 16.6. The van der Waals surface area contributed by atoms with Crippen LogP contribution < -0.4 is 5.73 Å². The van der Waals surface area contributed by atoms with Crippen LogP contribution in [0.15, 0.2) is 12.1 Å². The molecule has 0 spiro atoms. The first kappa shape index (κ1) is 14.3. The molecule has 2 saturated heterocycles. The zero-order valence-corrected chi connectivity index (χ0v) is 11.8. The van der Waals surface area contributed by atoms with Gasteiger partial charge in [0.1, 0.15) is 0 Å². The van der Waals surface area contributed by atoms with Crippen molar-refractivity contribution in [1.29, 1.82) is 0 Å². The van der Waals surface area contributed by atoms with Crippen LogP contribution in [0.4, 0.5) is 14.5 Å². The number of benzene rings is 1. The lowest BCUT2D eigenvalue weighted by Gasteiger charge is -2.44. The number of carbonyl (C=O) groups is 1. The number of carbonyl (C=O) groups excluding carboxylic acids is 1. The highest BCUT2D eigenvalue weighted by atomic mass is 19.2. The Hall–Kier alpha value is -1.69. The van der Waals surface area contributed by atoms with Gasteiger partial charge in [0.05, 0.1) is 5.56 Å². The van der Waals surface area contributed by atoms with Crippen molar-refractivity contribution in [3.8, 4) is 0 Å². The van der Waals surface area contributed by atoms with E-state index in [0.29, 0.717) is 19.1 Å². The van der Waals surface area contributed by atoms with Crippen LogP contribution in [0.3, 0.4) is 0 Å². The molecule has 0 bridgehead atoms. The van der Waals surface area contributed by atoms with E-state index in [1.807, 2.05) is 0 Å². The Morgan fingerprint density at radius 2 is 1.90 bits per heavy atom. The first-order valence-corrected chi connectivity index (χ1v) is 7.34. The van der Waals surface area contributed by atoms with Crippen molar-refractivity contribution < 1.29 is 13.6 Å². The van der Waals surface area contributed by atoms with E-state index in [-0.39, 0.29) is 17.2 Å². The fourth-order valence-corrected chi connectivity index (χ4v) is 3.26. The van der Waals surface area contributed by atoms with Crippen molar-refractivity contribution in [2.75, 3.05) is 31.9 Å². The fraction of sp³-hybridized carbons (Fsp3) is 0.533. The molecule has 2 fully saturated rings. The maximum atomic E-state index is 13.3. The smallest absolute Gasteiger partial charge is 0.256 e. The van der Waals surface area contributed by atoms with Crippen molar-refractivity contribution in [2.45, 2.75) is 25.3 Å². The van der Waals surface area contributed by atoms with Gasteiger partial charge in [-0.2, -0.15) is 0 Å². The third-order valence-electron chi connectivity index (χ3n) is 4.45. The molecule has 0 aliphatic carbocycles. The summed E-state index contributed by atoms with van der Waals surface area (Å²) in [7, 11) is 0. The summed E-state index contributed by atoms with van der Waals surface area (Å²) in [6, 6.07) is 2.16. The predicted octanol–water partition coefficient (Wildman–Crippen LogP) is 1.86. The van der Waals surface area contributed by atoms with Crippen LogP contribution in [0.5, 0.6) is 0 Å². The molecule has 2 aliphatic rings. The molecule has 1 aromatic carbocycles. The Morgan fingerprint density at radius 3 is 2.71 bits per heavy atom. The number of nitrogen functional groups attached to an aromatic ring is 1. The van der Waals surface area contributed by atoms with Gasteiger partial charge in [-0.05, 0) is 25.5 Å². The van der Waals surface area contributed by atoms with Gasteiger partial charge in [0.2, 0.25) is 0 Å². The fourth-order valence-electron chi connectivity index (χ4n) is 3.26. The second-order valence-electron chi connectivity index (χ2n) is 5.79. The molecule has 4 nitrogen and oxygen atoms in total. The average Bonchev–Trinajstić information content (AvgIpc) is 2.50. The highest BCUT2D eigenvalue weighted by Crippen LogP contribution is 2.24. The van der Waals surface area contributed by atoms with Crippen LogP contribution in [0.1, 0.15) is 29.6 Å². The number of nitrogens with two attached hydrogens (primary N) is 1. The molecule has 0 radical (unpaired) electrons. The predicted molar refractivity (Wildman–Crippen MR) is 75.9 cm³/mol. The quantitative estimate of drug-likeness (QED) is 0.805. The number of rotatable bonds is 1. The number of piperidine rings is 1. The van der Waals surface area contributed by atoms with Gasteiger partial charge in [-0.25, -0.2) is 8.78 Å². The molecule has 2 aliphatic heterocycles. The number of piperazine rings is 1. The van der Waals surface area contributed by atoms with Crippen LogP contribution in [-0.4, -0.2) is 47.9 Å². The summed E-state index contributed by atoms with van der Waals surface area (Å²) < 4.78 is 26.4. The number of amides is 1. The van der Waals surface area contributed by atoms with Crippen LogP contribution in [0.2, 0.25) is 0 Å². The number of hydrogen-bond acceptors (Lipinski definition) is 3. The van der Waals surface area contributed by atoms with Crippen LogP contribution in [0.25, 0.3) is 0 Å². The summed E-state index contributed by atoms with van der Waals surface area (Å²) in [6.45, 7) is 3.16. The van der Waals surface area contributed by atoms with E-state index in [1.165, 1.54) is 12.8 Å². The van der Waals surface area contributed by atoms with Gasteiger partial charge >= 0.3 is 0 Å². The number of hydrogen-bond donors (Lipinski definition) is 1. The minimum atomic E-state index is -1.04. The zero-order valence-electron chi connectivity index (χ0n) is 11.8. The Labute approximate surface area is 122 Å². The maximum absolute atomic E-state index is 13.3. The summed E-state index contributed by atoms with van der Waals surface area (Å²) in [5.74, 6) is -2.37. The van der Waals surface area contributed by atoms with E-state index in [1.54, 1.807) is 4.90 Å². The summed E-state index contributed by atoms with van der Waals surface area (Å²) in [6.07, 6.45) is 3.47. The number of nitrogens with zero attached hydrogens (tertiary/aromatic N) is 2. The second-order valence-corrected chi connectivity index (χ2v) is 5.79. The lowest BCUT2D eigenvalue weighted by molar-refractivity contribution is 0.0373. The molecule has 1 unspecified atom stereocenters. The summed E-state index contributed by atoms with van der Waals surface area (Å²) in [5.41, 5.74) is 5.71.